The van der Waals surface area contributed by atoms with Gasteiger partial charge >= 0.3 is 6.09 Å². The maximum atomic E-state index is 12.0. The van der Waals surface area contributed by atoms with E-state index in [4.69, 9.17) is 5.11 Å². The van der Waals surface area contributed by atoms with E-state index in [0.717, 1.165) is 5.69 Å². The van der Waals surface area contributed by atoms with E-state index in [1.54, 1.807) is 12.1 Å². The Hall–Kier alpha value is -2.11. The van der Waals surface area contributed by atoms with Crippen LogP contribution in [0, 0.1) is 6.92 Å². The minimum atomic E-state index is -1.05. The zero-order valence-electron chi connectivity index (χ0n) is 10.1. The second-order valence-corrected chi connectivity index (χ2v) is 4.29. The smallest absolute Gasteiger partial charge is 0.407 e. The number of likely N-dealkylation sites (tertiary alicyclic amines) is 1. The first-order valence-corrected chi connectivity index (χ1v) is 5.82. The van der Waals surface area contributed by atoms with Gasteiger partial charge in [-0.3, -0.25) is 9.69 Å². The molecule has 1 saturated heterocycles. The fourth-order valence-electron chi connectivity index (χ4n) is 2.09. The van der Waals surface area contributed by atoms with Gasteiger partial charge in [-0.15, -0.1) is 0 Å². The standard InChI is InChI=1S/C12H15N3O3/c1-8-4-2-6-10(13-8)14-11(16)9-5-3-7-15(9)12(17)18/h2,4,6,9H,3,5,7H2,1H3,(H,17,18)(H,13,14,16)/t9-/m0/s1. The summed E-state index contributed by atoms with van der Waals surface area (Å²) in [5.74, 6) is 0.144. The lowest BCUT2D eigenvalue weighted by atomic mass is 10.2. The first-order chi connectivity index (χ1) is 8.58. The van der Waals surface area contributed by atoms with Crippen molar-refractivity contribution in [2.75, 3.05) is 11.9 Å². The highest BCUT2D eigenvalue weighted by Gasteiger charge is 2.34. The van der Waals surface area contributed by atoms with Crippen LogP contribution in [0.5, 0.6) is 0 Å². The first kappa shape index (κ1) is 12.3. The van der Waals surface area contributed by atoms with Gasteiger partial charge in [0.15, 0.2) is 0 Å². The predicted molar refractivity (Wildman–Crippen MR) is 65.4 cm³/mol. The molecule has 96 valence electrons. The van der Waals surface area contributed by atoms with Crippen molar-refractivity contribution in [2.45, 2.75) is 25.8 Å². The minimum Gasteiger partial charge on any atom is -0.465 e. The van der Waals surface area contributed by atoms with Gasteiger partial charge in [0.2, 0.25) is 5.91 Å². The van der Waals surface area contributed by atoms with Crippen molar-refractivity contribution in [2.24, 2.45) is 0 Å². The lowest BCUT2D eigenvalue weighted by molar-refractivity contribution is -0.119. The van der Waals surface area contributed by atoms with E-state index in [9.17, 15) is 9.59 Å². The third kappa shape index (κ3) is 2.58. The molecule has 2 amide bonds. The van der Waals surface area contributed by atoms with Gasteiger partial charge in [-0.25, -0.2) is 9.78 Å². The molecule has 1 atom stereocenters. The highest BCUT2D eigenvalue weighted by molar-refractivity contribution is 5.96. The Bertz CT molecular complexity index is 475. The molecule has 0 saturated carbocycles. The molecule has 18 heavy (non-hydrogen) atoms. The number of anilines is 1. The number of aromatic nitrogens is 1. The summed E-state index contributed by atoms with van der Waals surface area (Å²) < 4.78 is 0. The molecule has 1 aliphatic heterocycles. The van der Waals surface area contributed by atoms with Crippen LogP contribution < -0.4 is 5.32 Å². The number of carbonyl (C=O) groups is 2. The van der Waals surface area contributed by atoms with Gasteiger partial charge in [0, 0.05) is 12.2 Å². The molecule has 0 unspecified atom stereocenters. The van der Waals surface area contributed by atoms with Crippen LogP contribution >= 0.6 is 0 Å². The molecule has 6 nitrogen and oxygen atoms in total. The number of carboxylic acid groups (broad SMARTS) is 1. The van der Waals surface area contributed by atoms with Crippen LogP contribution in [-0.2, 0) is 4.79 Å². The zero-order valence-corrected chi connectivity index (χ0v) is 10.1. The number of hydrogen-bond acceptors (Lipinski definition) is 3. The number of carbonyl (C=O) groups excluding carboxylic acids is 1. The van der Waals surface area contributed by atoms with E-state index in [2.05, 4.69) is 10.3 Å². The molecule has 1 fully saturated rings. The highest BCUT2D eigenvalue weighted by atomic mass is 16.4. The van der Waals surface area contributed by atoms with E-state index < -0.39 is 12.1 Å². The number of rotatable bonds is 2. The van der Waals surface area contributed by atoms with Gasteiger partial charge < -0.3 is 10.4 Å². The molecule has 2 N–H and O–H groups in total. The molecule has 6 heteroatoms. The Morgan fingerprint density at radius 1 is 1.50 bits per heavy atom. The topological polar surface area (TPSA) is 82.5 Å². The van der Waals surface area contributed by atoms with E-state index in [0.29, 0.717) is 25.2 Å². The number of nitrogens with zero attached hydrogens (tertiary/aromatic N) is 2. The van der Waals surface area contributed by atoms with E-state index in [-0.39, 0.29) is 5.91 Å². The van der Waals surface area contributed by atoms with E-state index >= 15 is 0 Å². The van der Waals surface area contributed by atoms with Crippen LogP contribution in [0.25, 0.3) is 0 Å². The number of hydrogen-bond donors (Lipinski definition) is 2. The third-order valence-electron chi connectivity index (χ3n) is 2.94. The van der Waals surface area contributed by atoms with Crippen LogP contribution in [0.3, 0.4) is 0 Å². The molecule has 1 aromatic heterocycles. The third-order valence-corrected chi connectivity index (χ3v) is 2.94. The summed E-state index contributed by atoms with van der Waals surface area (Å²) in [6, 6.07) is 4.70. The van der Waals surface area contributed by atoms with Gasteiger partial charge in [-0.1, -0.05) is 6.07 Å². The maximum Gasteiger partial charge on any atom is 0.407 e. The van der Waals surface area contributed by atoms with E-state index in [1.165, 1.54) is 4.90 Å². The van der Waals surface area contributed by atoms with E-state index in [1.807, 2.05) is 13.0 Å². The summed E-state index contributed by atoms with van der Waals surface area (Å²) >= 11 is 0. The van der Waals surface area contributed by atoms with Gasteiger partial charge in [0.1, 0.15) is 11.9 Å². The van der Waals surface area contributed by atoms with Crippen LogP contribution in [0.2, 0.25) is 0 Å². The summed E-state index contributed by atoms with van der Waals surface area (Å²) in [7, 11) is 0. The SMILES string of the molecule is Cc1cccc(NC(=O)[C@@H]2CCCN2C(=O)O)n1. The quantitative estimate of drug-likeness (QED) is 0.831. The lowest BCUT2D eigenvalue weighted by Gasteiger charge is -2.20. The highest BCUT2D eigenvalue weighted by Crippen LogP contribution is 2.18. The predicted octanol–water partition coefficient (Wildman–Crippen LogP) is 1.47. The Morgan fingerprint density at radius 3 is 2.94 bits per heavy atom. The molecule has 1 aromatic rings. The first-order valence-electron chi connectivity index (χ1n) is 5.82. The van der Waals surface area contributed by atoms with Gasteiger partial charge in [-0.05, 0) is 31.9 Å². The second-order valence-electron chi connectivity index (χ2n) is 4.29. The van der Waals surface area contributed by atoms with Crippen molar-refractivity contribution in [3.63, 3.8) is 0 Å². The van der Waals surface area contributed by atoms with Crippen molar-refractivity contribution in [3.8, 4) is 0 Å². The van der Waals surface area contributed by atoms with Crippen LogP contribution in [0.4, 0.5) is 10.6 Å². The molecular weight excluding hydrogens is 234 g/mol. The molecule has 0 radical (unpaired) electrons. The monoisotopic (exact) mass is 249 g/mol. The molecule has 0 aliphatic carbocycles. The Labute approximate surface area is 105 Å². The van der Waals surface area contributed by atoms with Crippen LogP contribution in [0.1, 0.15) is 18.5 Å². The Morgan fingerprint density at radius 2 is 2.28 bits per heavy atom. The number of nitrogens with one attached hydrogen (secondary N) is 1. The summed E-state index contributed by atoms with van der Waals surface area (Å²) in [4.78, 5) is 28.3. The number of amides is 2. The minimum absolute atomic E-state index is 0.312. The van der Waals surface area contributed by atoms with Crippen molar-refractivity contribution in [3.05, 3.63) is 23.9 Å². The summed E-state index contributed by atoms with van der Waals surface area (Å²) in [6.45, 7) is 2.24. The Balaban J connectivity index is 2.06. The van der Waals surface area contributed by atoms with Crippen LogP contribution in [0.15, 0.2) is 18.2 Å². The average Bonchev–Trinajstić information content (AvgIpc) is 2.77. The zero-order chi connectivity index (χ0) is 13.1. The normalized spacial score (nSPS) is 18.7. The van der Waals surface area contributed by atoms with Gasteiger partial charge in [0.25, 0.3) is 0 Å². The molecule has 2 rings (SSSR count). The fourth-order valence-corrected chi connectivity index (χ4v) is 2.09. The van der Waals surface area contributed by atoms with Gasteiger partial charge in [0.05, 0.1) is 0 Å². The molecule has 0 aromatic carbocycles. The average molecular weight is 249 g/mol. The summed E-state index contributed by atoms with van der Waals surface area (Å²) in [6.07, 6.45) is 0.222. The summed E-state index contributed by atoms with van der Waals surface area (Å²) in [5, 5.41) is 11.6. The maximum absolute atomic E-state index is 12.0. The van der Waals surface area contributed by atoms with Crippen molar-refractivity contribution in [1.82, 2.24) is 9.88 Å². The summed E-state index contributed by atoms with van der Waals surface area (Å²) in [5.41, 5.74) is 0.800. The number of pyridine rings is 1. The molecular formula is C12H15N3O3. The van der Waals surface area contributed by atoms with Crippen LogP contribution in [-0.4, -0.2) is 39.6 Å². The molecule has 0 spiro atoms. The Kier molecular flexibility index (Phi) is 3.45. The van der Waals surface area contributed by atoms with Crippen molar-refractivity contribution >= 4 is 17.8 Å². The fraction of sp³-hybridized carbons (Fsp3) is 0.417. The lowest BCUT2D eigenvalue weighted by Crippen LogP contribution is -2.42. The van der Waals surface area contributed by atoms with Crippen molar-refractivity contribution < 1.29 is 14.7 Å². The van der Waals surface area contributed by atoms with Gasteiger partial charge in [-0.2, -0.15) is 0 Å². The second kappa shape index (κ2) is 5.03. The molecule has 1 aliphatic rings. The molecule has 2 heterocycles. The molecule has 0 bridgehead atoms. The number of aryl methyl sites for hydroxylation is 1. The van der Waals surface area contributed by atoms with Crippen molar-refractivity contribution in [1.29, 1.82) is 0 Å². The largest absolute Gasteiger partial charge is 0.465 e.